The van der Waals surface area contributed by atoms with E-state index in [1.54, 1.807) is 6.92 Å². The topological polar surface area (TPSA) is 53.7 Å². The van der Waals surface area contributed by atoms with E-state index in [4.69, 9.17) is 0 Å². The Morgan fingerprint density at radius 2 is 1.79 bits per heavy atom. The molecule has 0 spiro atoms. The molecule has 0 radical (unpaired) electrons. The number of piperazine rings is 1. The third kappa shape index (κ3) is 5.98. The van der Waals surface area contributed by atoms with E-state index in [1.165, 1.54) is 30.1 Å². The molecule has 0 aliphatic carbocycles. The van der Waals surface area contributed by atoms with E-state index in [-0.39, 0.29) is 35.2 Å². The van der Waals surface area contributed by atoms with Crippen molar-refractivity contribution in [3.05, 3.63) is 59.6 Å². The third-order valence-electron chi connectivity index (χ3n) is 6.45. The summed E-state index contributed by atoms with van der Waals surface area (Å²) >= 11 is 0. The summed E-state index contributed by atoms with van der Waals surface area (Å²) in [7, 11) is 1.24. The van der Waals surface area contributed by atoms with Crippen LogP contribution in [0.5, 0.6) is 0 Å². The second-order valence-corrected chi connectivity index (χ2v) is 9.05. The maximum absolute atomic E-state index is 14.6. The van der Waals surface area contributed by atoms with Crippen molar-refractivity contribution in [3.63, 3.8) is 0 Å². The van der Waals surface area contributed by atoms with E-state index in [2.05, 4.69) is 9.98 Å². The molecule has 3 heterocycles. The number of imidazole rings is 1. The molecule has 0 saturated carbocycles. The van der Waals surface area contributed by atoms with Crippen LogP contribution in [0.3, 0.4) is 0 Å². The quantitative estimate of drug-likeness (QED) is 0.399. The Balaban J connectivity index is 1.89. The van der Waals surface area contributed by atoms with Crippen LogP contribution in [0.2, 0.25) is 0 Å². The third-order valence-corrected chi connectivity index (χ3v) is 6.45. The summed E-state index contributed by atoms with van der Waals surface area (Å²) in [5.74, 6) is -2.93. The first-order valence-electron chi connectivity index (χ1n) is 11.9. The second-order valence-electron chi connectivity index (χ2n) is 9.05. The van der Waals surface area contributed by atoms with Crippen LogP contribution in [-0.4, -0.2) is 63.1 Å². The lowest BCUT2D eigenvalue weighted by Crippen LogP contribution is -2.59. The van der Waals surface area contributed by atoms with Crippen LogP contribution in [0.25, 0.3) is 17.2 Å². The van der Waals surface area contributed by atoms with Crippen molar-refractivity contribution in [2.45, 2.75) is 51.0 Å². The van der Waals surface area contributed by atoms with Crippen LogP contribution in [0, 0.1) is 11.6 Å². The molecule has 6 nitrogen and oxygen atoms in total. The molecule has 1 unspecified atom stereocenters. The Hall–Kier alpha value is -3.71. The van der Waals surface area contributed by atoms with Gasteiger partial charge < -0.3 is 9.80 Å². The molecule has 4 rings (SSSR count). The molecule has 1 aromatic carbocycles. The SMILES string of the molecule is CCC1=C(n2ccnc2-c2ccc(F)cc2F)N=C2C(=CC1)N(C)C(=O)C(CC(F)(F)F)N2CCC(F)(F)F. The van der Waals surface area contributed by atoms with E-state index in [0.29, 0.717) is 18.1 Å². The van der Waals surface area contributed by atoms with Crippen LogP contribution >= 0.6 is 0 Å². The maximum atomic E-state index is 14.6. The molecular formula is C25H23F8N5O. The second kappa shape index (κ2) is 10.5. The van der Waals surface area contributed by atoms with Crippen molar-refractivity contribution in [1.29, 1.82) is 0 Å². The highest BCUT2D eigenvalue weighted by Gasteiger charge is 2.47. The molecule has 1 amide bonds. The number of halogens is 8. The van der Waals surface area contributed by atoms with Crippen molar-refractivity contribution in [1.82, 2.24) is 19.4 Å². The van der Waals surface area contributed by atoms with E-state index in [0.717, 1.165) is 21.9 Å². The molecule has 2 aliphatic heterocycles. The number of amidine groups is 1. The Morgan fingerprint density at radius 3 is 2.41 bits per heavy atom. The largest absolute Gasteiger partial charge is 0.391 e. The summed E-state index contributed by atoms with van der Waals surface area (Å²) in [6, 6.07) is 0.859. The number of fused-ring (bicyclic) bond motifs is 1. The Bertz CT molecular complexity index is 1350. The number of likely N-dealkylation sites (N-methyl/N-ethyl adjacent to an activating group) is 1. The number of rotatable bonds is 6. The average Bonchev–Trinajstić information content (AvgIpc) is 3.22. The van der Waals surface area contributed by atoms with E-state index in [1.807, 2.05) is 0 Å². The molecule has 2 aromatic rings. The number of nitrogens with zero attached hydrogens (tertiary/aromatic N) is 5. The van der Waals surface area contributed by atoms with E-state index < -0.39 is 55.3 Å². The van der Waals surface area contributed by atoms with Crippen molar-refractivity contribution in [2.24, 2.45) is 4.99 Å². The number of alkyl halides is 6. The van der Waals surface area contributed by atoms with Gasteiger partial charge in [-0.1, -0.05) is 13.0 Å². The molecule has 0 bridgehead atoms. The summed E-state index contributed by atoms with van der Waals surface area (Å²) in [5, 5.41) is 0. The summed E-state index contributed by atoms with van der Waals surface area (Å²) < 4.78 is 109. The van der Waals surface area contributed by atoms with Crippen LogP contribution in [0.15, 0.2) is 52.9 Å². The number of aliphatic imine (C=N–C) groups is 1. The summed E-state index contributed by atoms with van der Waals surface area (Å²) in [6.45, 7) is 0.818. The first-order valence-corrected chi connectivity index (χ1v) is 11.9. The van der Waals surface area contributed by atoms with E-state index >= 15 is 0 Å². The highest BCUT2D eigenvalue weighted by molar-refractivity contribution is 6.09. The van der Waals surface area contributed by atoms with Crippen LogP contribution in [0.4, 0.5) is 35.1 Å². The predicted octanol–water partition coefficient (Wildman–Crippen LogP) is 6.14. The number of hydrogen-bond donors (Lipinski definition) is 0. The zero-order chi connectivity index (χ0) is 28.7. The average molecular weight is 561 g/mol. The predicted molar refractivity (Wildman–Crippen MR) is 126 cm³/mol. The Morgan fingerprint density at radius 1 is 1.08 bits per heavy atom. The molecule has 1 atom stereocenters. The summed E-state index contributed by atoms with van der Waals surface area (Å²) in [5.41, 5.74) is 0.549. The van der Waals surface area contributed by atoms with Gasteiger partial charge in [0.1, 0.15) is 29.3 Å². The van der Waals surface area contributed by atoms with E-state index in [9.17, 15) is 39.9 Å². The maximum Gasteiger partial charge on any atom is 0.391 e. The molecule has 39 heavy (non-hydrogen) atoms. The summed E-state index contributed by atoms with van der Waals surface area (Å²) in [6.07, 6.45) is -8.01. The number of amides is 1. The first-order chi connectivity index (χ1) is 18.2. The number of allylic oxidation sites excluding steroid dienone is 2. The number of hydrogen-bond acceptors (Lipinski definition) is 4. The number of benzene rings is 1. The van der Waals surface area contributed by atoms with Gasteiger partial charge in [-0.15, -0.1) is 0 Å². The van der Waals surface area contributed by atoms with Gasteiger partial charge in [0.15, 0.2) is 5.84 Å². The lowest BCUT2D eigenvalue weighted by molar-refractivity contribution is -0.162. The minimum atomic E-state index is -4.85. The lowest BCUT2D eigenvalue weighted by atomic mass is 10.0. The Kier molecular flexibility index (Phi) is 7.59. The standard InChI is InChI=1S/C25H23F8N5O/c1-3-14-4-7-18-22(35-20(14)38-11-9-34-21(38)16-6-5-15(26)12-17(16)27)37(10-8-24(28,29)30)19(13-25(31,32)33)23(39)36(18)2/h5-7,9,11-12,19H,3-4,8,10,13H2,1-2H3. The number of carbonyl (C=O) groups is 1. The highest BCUT2D eigenvalue weighted by atomic mass is 19.4. The molecular weight excluding hydrogens is 538 g/mol. The lowest BCUT2D eigenvalue weighted by Gasteiger charge is -2.43. The minimum absolute atomic E-state index is 0.00447. The fourth-order valence-electron chi connectivity index (χ4n) is 4.56. The monoisotopic (exact) mass is 561 g/mol. The van der Waals surface area contributed by atoms with Crippen LogP contribution < -0.4 is 0 Å². The van der Waals surface area contributed by atoms with Gasteiger partial charge in [0.2, 0.25) is 5.91 Å². The van der Waals surface area contributed by atoms with Gasteiger partial charge in [-0.3, -0.25) is 9.36 Å². The van der Waals surface area contributed by atoms with Crippen molar-refractivity contribution in [2.75, 3.05) is 13.6 Å². The fraction of sp³-hybridized carbons (Fsp3) is 0.400. The first kappa shape index (κ1) is 28.3. The molecule has 14 heteroatoms. The minimum Gasteiger partial charge on any atom is -0.342 e. The highest BCUT2D eigenvalue weighted by Crippen LogP contribution is 2.36. The molecule has 0 N–H and O–H groups in total. The fourth-order valence-corrected chi connectivity index (χ4v) is 4.56. The van der Waals surface area contributed by atoms with Gasteiger partial charge in [-0.2, -0.15) is 26.3 Å². The zero-order valence-electron chi connectivity index (χ0n) is 20.7. The summed E-state index contributed by atoms with van der Waals surface area (Å²) in [4.78, 5) is 23.3. The van der Waals surface area contributed by atoms with Gasteiger partial charge >= 0.3 is 12.4 Å². The van der Waals surface area contributed by atoms with Gasteiger partial charge in [0, 0.05) is 32.1 Å². The van der Waals surface area contributed by atoms with Crippen LogP contribution in [0.1, 0.15) is 32.6 Å². The van der Waals surface area contributed by atoms with Gasteiger partial charge in [-0.25, -0.2) is 18.8 Å². The molecule has 1 aromatic heterocycles. The number of aromatic nitrogens is 2. The van der Waals surface area contributed by atoms with Gasteiger partial charge in [0.25, 0.3) is 0 Å². The smallest absolute Gasteiger partial charge is 0.342 e. The van der Waals surface area contributed by atoms with Gasteiger partial charge in [-0.05, 0) is 30.5 Å². The van der Waals surface area contributed by atoms with Gasteiger partial charge in [0.05, 0.1) is 24.1 Å². The normalized spacial score (nSPS) is 18.7. The number of carbonyl (C=O) groups excluding carboxylic acids is 1. The van der Waals surface area contributed by atoms with Crippen molar-refractivity contribution < 1.29 is 39.9 Å². The van der Waals surface area contributed by atoms with Crippen molar-refractivity contribution >= 4 is 17.6 Å². The van der Waals surface area contributed by atoms with Crippen molar-refractivity contribution in [3.8, 4) is 11.4 Å². The zero-order valence-corrected chi connectivity index (χ0v) is 20.7. The van der Waals surface area contributed by atoms with Crippen LogP contribution in [-0.2, 0) is 4.79 Å². The molecule has 2 aliphatic rings. The Labute approximate surface area is 217 Å². The molecule has 210 valence electrons. The molecule has 1 fully saturated rings. The molecule has 1 saturated heterocycles.